The first kappa shape index (κ1) is 24.1. The van der Waals surface area contributed by atoms with E-state index >= 15 is 0 Å². The van der Waals surface area contributed by atoms with E-state index in [4.69, 9.17) is 14.2 Å². The third-order valence-corrected chi connectivity index (χ3v) is 6.12. The summed E-state index contributed by atoms with van der Waals surface area (Å²) < 4.78 is 17.3. The molecule has 4 aromatic carbocycles. The largest absolute Gasteiger partial charge is 0.473 e. The van der Waals surface area contributed by atoms with Crippen LogP contribution in [0.3, 0.4) is 0 Å². The number of carbonyl (C=O) groups is 2. The zero-order valence-corrected chi connectivity index (χ0v) is 20.6. The number of carbonyl (C=O) groups excluding carboxylic acids is 2. The van der Waals surface area contributed by atoms with Gasteiger partial charge in [0.1, 0.15) is 11.3 Å². The van der Waals surface area contributed by atoms with Gasteiger partial charge in [-0.05, 0) is 23.8 Å². The highest BCUT2D eigenvalue weighted by Crippen LogP contribution is 2.41. The first-order valence-corrected chi connectivity index (χ1v) is 12.0. The molecule has 0 N–H and O–H groups in total. The van der Waals surface area contributed by atoms with Crippen molar-refractivity contribution in [3.63, 3.8) is 0 Å². The molecule has 0 aromatic heterocycles. The summed E-state index contributed by atoms with van der Waals surface area (Å²) in [7, 11) is 0. The molecule has 1 aliphatic rings. The quantitative estimate of drug-likeness (QED) is 0.138. The molecule has 5 heteroatoms. The molecular formula is C32H26O5. The molecule has 37 heavy (non-hydrogen) atoms. The molecule has 1 fully saturated rings. The molecule has 184 valence electrons. The number of esters is 2. The summed E-state index contributed by atoms with van der Waals surface area (Å²) in [6, 6.07) is 37.5. The lowest BCUT2D eigenvalue weighted by Crippen LogP contribution is -2.41. The van der Waals surface area contributed by atoms with Gasteiger partial charge >= 0.3 is 11.9 Å². The minimum atomic E-state index is -1.28. The third kappa shape index (κ3) is 4.89. The Labute approximate surface area is 215 Å². The Morgan fingerprint density at radius 3 is 1.43 bits per heavy atom. The van der Waals surface area contributed by atoms with E-state index in [1.807, 2.05) is 66.7 Å². The molecule has 0 bridgehead atoms. The molecular weight excluding hydrogens is 464 g/mol. The molecule has 0 saturated carbocycles. The number of ether oxygens (including phenoxy) is 3. The summed E-state index contributed by atoms with van der Waals surface area (Å²) >= 11 is 0. The molecule has 0 atom stereocenters. The van der Waals surface area contributed by atoms with E-state index in [1.54, 1.807) is 12.1 Å². The molecule has 1 aliphatic heterocycles. The summed E-state index contributed by atoms with van der Waals surface area (Å²) in [5, 5.41) is 0. The monoisotopic (exact) mass is 490 g/mol. The minimum absolute atomic E-state index is 0.153. The highest BCUT2D eigenvalue weighted by atomic mass is 16.7. The van der Waals surface area contributed by atoms with Gasteiger partial charge in [-0.15, -0.1) is 0 Å². The van der Waals surface area contributed by atoms with Gasteiger partial charge in [0.2, 0.25) is 0 Å². The minimum Gasteiger partial charge on any atom is -0.473 e. The maximum atomic E-state index is 12.3. The van der Waals surface area contributed by atoms with Crippen LogP contribution < -0.4 is 4.74 Å². The summed E-state index contributed by atoms with van der Waals surface area (Å²) in [6.45, 7) is 3.04. The third-order valence-electron chi connectivity index (χ3n) is 6.12. The fourth-order valence-corrected chi connectivity index (χ4v) is 4.45. The Morgan fingerprint density at radius 2 is 1.03 bits per heavy atom. The molecule has 0 radical (unpaired) electrons. The van der Waals surface area contributed by atoms with Crippen molar-refractivity contribution in [3.05, 3.63) is 143 Å². The molecule has 1 saturated heterocycles. The zero-order valence-electron chi connectivity index (χ0n) is 20.6. The smallest absolute Gasteiger partial charge is 0.348 e. The Morgan fingerprint density at radius 1 is 0.622 bits per heavy atom. The molecule has 0 aliphatic carbocycles. The fraction of sp³-hybridized carbons (Fsp3) is 0.125. The van der Waals surface area contributed by atoms with Crippen LogP contribution in [-0.2, 0) is 24.7 Å². The predicted molar refractivity (Wildman–Crippen MR) is 141 cm³/mol. The van der Waals surface area contributed by atoms with E-state index in [9.17, 15) is 9.59 Å². The molecule has 5 rings (SSSR count). The second-order valence-corrected chi connectivity index (χ2v) is 9.19. The number of hydrogen-bond donors (Lipinski definition) is 0. The number of hydrogen-bond acceptors (Lipinski definition) is 5. The zero-order chi connectivity index (χ0) is 25.9. The Balaban J connectivity index is 1.55. The van der Waals surface area contributed by atoms with Gasteiger partial charge in [-0.2, -0.15) is 0 Å². The van der Waals surface area contributed by atoms with Crippen molar-refractivity contribution >= 4 is 18.0 Å². The Hall–Kier alpha value is -4.64. The van der Waals surface area contributed by atoms with Gasteiger partial charge in [0.25, 0.3) is 5.79 Å². The standard InChI is InChI=1S/C32H26O5/c1-31(2)36-29(33)28(30(34)37-31)22-23-18-20-27(21-19-23)35-32(24-12-6-3-7-13-24,25-14-8-4-9-15-25)26-16-10-5-11-17-26/h3-22H,1-2H3. The molecule has 0 unspecified atom stereocenters. The first-order chi connectivity index (χ1) is 17.9. The summed E-state index contributed by atoms with van der Waals surface area (Å²) in [5.74, 6) is -2.08. The van der Waals surface area contributed by atoms with Crippen molar-refractivity contribution in [1.82, 2.24) is 0 Å². The molecule has 0 amide bonds. The SMILES string of the molecule is CC1(C)OC(=O)C(=Cc2ccc(OC(c3ccccc3)(c3ccccc3)c3ccccc3)cc2)C(=O)O1. The van der Waals surface area contributed by atoms with Crippen molar-refractivity contribution in [2.24, 2.45) is 0 Å². The van der Waals surface area contributed by atoms with Crippen LogP contribution in [0.25, 0.3) is 6.08 Å². The fourth-order valence-electron chi connectivity index (χ4n) is 4.45. The lowest BCUT2D eigenvalue weighted by molar-refractivity contribution is -0.222. The van der Waals surface area contributed by atoms with E-state index < -0.39 is 23.3 Å². The van der Waals surface area contributed by atoms with Crippen molar-refractivity contribution in [1.29, 1.82) is 0 Å². The van der Waals surface area contributed by atoms with Crippen LogP contribution in [0.15, 0.2) is 121 Å². The molecule has 4 aromatic rings. The van der Waals surface area contributed by atoms with Crippen LogP contribution in [0.4, 0.5) is 0 Å². The number of rotatable bonds is 6. The van der Waals surface area contributed by atoms with Gasteiger partial charge in [-0.3, -0.25) is 0 Å². The first-order valence-electron chi connectivity index (χ1n) is 12.0. The molecule has 1 heterocycles. The van der Waals surface area contributed by atoms with Crippen molar-refractivity contribution in [2.75, 3.05) is 0 Å². The van der Waals surface area contributed by atoms with Crippen molar-refractivity contribution < 1.29 is 23.8 Å². The normalized spacial score (nSPS) is 14.9. The van der Waals surface area contributed by atoms with Gasteiger partial charge in [0.05, 0.1) is 0 Å². The highest BCUT2D eigenvalue weighted by molar-refractivity contribution is 6.18. The van der Waals surface area contributed by atoms with Gasteiger partial charge < -0.3 is 14.2 Å². The second kappa shape index (κ2) is 9.78. The lowest BCUT2D eigenvalue weighted by Gasteiger charge is -2.36. The van der Waals surface area contributed by atoms with E-state index in [2.05, 4.69) is 36.4 Å². The summed E-state index contributed by atoms with van der Waals surface area (Å²) in [4.78, 5) is 24.7. The van der Waals surface area contributed by atoms with E-state index in [1.165, 1.54) is 19.9 Å². The topological polar surface area (TPSA) is 61.8 Å². The average Bonchev–Trinajstić information content (AvgIpc) is 2.91. The van der Waals surface area contributed by atoms with Gasteiger partial charge in [-0.25, -0.2) is 9.59 Å². The number of benzene rings is 4. The summed E-state index contributed by atoms with van der Waals surface area (Å²) in [5.41, 5.74) is 2.52. The van der Waals surface area contributed by atoms with Crippen LogP contribution in [0.5, 0.6) is 5.75 Å². The lowest BCUT2D eigenvalue weighted by atomic mass is 9.80. The van der Waals surface area contributed by atoms with Crippen molar-refractivity contribution in [2.45, 2.75) is 25.2 Å². The Bertz CT molecular complexity index is 1300. The van der Waals surface area contributed by atoms with Crippen LogP contribution >= 0.6 is 0 Å². The molecule has 0 spiro atoms. The number of cyclic esters (lactones) is 2. The maximum Gasteiger partial charge on any atom is 0.348 e. The van der Waals surface area contributed by atoms with Crippen LogP contribution in [0.2, 0.25) is 0 Å². The van der Waals surface area contributed by atoms with Gasteiger partial charge in [-0.1, -0.05) is 103 Å². The van der Waals surface area contributed by atoms with Gasteiger partial charge in [0.15, 0.2) is 5.60 Å². The molecule has 5 nitrogen and oxygen atoms in total. The second-order valence-electron chi connectivity index (χ2n) is 9.19. The highest BCUT2D eigenvalue weighted by Gasteiger charge is 2.40. The van der Waals surface area contributed by atoms with Crippen molar-refractivity contribution in [3.8, 4) is 5.75 Å². The van der Waals surface area contributed by atoms with Gasteiger partial charge in [0, 0.05) is 30.5 Å². The van der Waals surface area contributed by atoms with E-state index in [0.717, 1.165) is 16.7 Å². The summed E-state index contributed by atoms with van der Waals surface area (Å²) in [6.07, 6.45) is 1.46. The van der Waals surface area contributed by atoms with Crippen LogP contribution in [0.1, 0.15) is 36.1 Å². The van der Waals surface area contributed by atoms with E-state index in [0.29, 0.717) is 11.3 Å². The van der Waals surface area contributed by atoms with Crippen LogP contribution in [0, 0.1) is 0 Å². The predicted octanol–water partition coefficient (Wildman–Crippen LogP) is 6.28. The maximum absolute atomic E-state index is 12.3. The Kier molecular flexibility index (Phi) is 6.36. The van der Waals surface area contributed by atoms with Crippen LogP contribution in [-0.4, -0.2) is 17.7 Å². The average molecular weight is 491 g/mol. The van der Waals surface area contributed by atoms with E-state index in [-0.39, 0.29) is 5.57 Å².